The molecule has 104 valence electrons. The van der Waals surface area contributed by atoms with E-state index in [2.05, 4.69) is 29.6 Å². The van der Waals surface area contributed by atoms with Gasteiger partial charge in [-0.1, -0.05) is 41.9 Å². The number of nitrogens with one attached hydrogen (secondary N) is 1. The van der Waals surface area contributed by atoms with Crippen molar-refractivity contribution in [2.45, 2.75) is 25.5 Å². The Morgan fingerprint density at radius 1 is 1.20 bits per heavy atom. The maximum absolute atomic E-state index is 6.23. The summed E-state index contributed by atoms with van der Waals surface area (Å²) in [5.74, 6) is 0.871. The lowest BCUT2D eigenvalue weighted by molar-refractivity contribution is 0.170. The summed E-state index contributed by atoms with van der Waals surface area (Å²) in [4.78, 5) is 0. The average molecular weight is 288 g/mol. The van der Waals surface area contributed by atoms with Crippen LogP contribution in [0.2, 0.25) is 5.02 Å². The predicted octanol–water partition coefficient (Wildman–Crippen LogP) is 3.91. The molecule has 0 saturated heterocycles. The predicted molar refractivity (Wildman–Crippen MR) is 82.6 cm³/mol. The Morgan fingerprint density at radius 2 is 2.00 bits per heavy atom. The van der Waals surface area contributed by atoms with E-state index in [9.17, 15) is 0 Å². The third-order valence-electron chi connectivity index (χ3n) is 3.92. The average Bonchev–Trinajstić information content (AvgIpc) is 2.80. The number of aryl methyl sites for hydroxylation is 1. The van der Waals surface area contributed by atoms with Gasteiger partial charge in [0.25, 0.3) is 0 Å². The second-order valence-corrected chi connectivity index (χ2v) is 5.67. The van der Waals surface area contributed by atoms with Crippen LogP contribution in [0, 0.1) is 6.92 Å². The van der Waals surface area contributed by atoms with Gasteiger partial charge in [-0.15, -0.1) is 0 Å². The van der Waals surface area contributed by atoms with Crippen LogP contribution in [0.1, 0.15) is 22.7 Å². The maximum Gasteiger partial charge on any atom is 0.124 e. The van der Waals surface area contributed by atoms with E-state index in [1.54, 1.807) is 0 Å². The van der Waals surface area contributed by atoms with Gasteiger partial charge in [0.1, 0.15) is 11.9 Å². The molecule has 1 aliphatic carbocycles. The topological polar surface area (TPSA) is 21.3 Å². The molecule has 0 spiro atoms. The molecule has 1 N–H and O–H groups in total. The summed E-state index contributed by atoms with van der Waals surface area (Å²) < 4.78 is 6.23. The lowest BCUT2D eigenvalue weighted by Gasteiger charge is -2.22. The Kier molecular flexibility index (Phi) is 3.68. The van der Waals surface area contributed by atoms with E-state index >= 15 is 0 Å². The van der Waals surface area contributed by atoms with Crippen LogP contribution in [0.5, 0.6) is 5.75 Å². The van der Waals surface area contributed by atoms with Gasteiger partial charge in [0.05, 0.1) is 6.04 Å². The van der Waals surface area contributed by atoms with Crippen molar-refractivity contribution in [1.29, 1.82) is 0 Å². The van der Waals surface area contributed by atoms with Crippen molar-refractivity contribution < 1.29 is 4.74 Å². The molecule has 0 saturated carbocycles. The van der Waals surface area contributed by atoms with E-state index in [4.69, 9.17) is 16.3 Å². The van der Waals surface area contributed by atoms with Crippen LogP contribution >= 0.6 is 11.6 Å². The smallest absolute Gasteiger partial charge is 0.124 e. The van der Waals surface area contributed by atoms with Crippen LogP contribution in [-0.2, 0) is 6.42 Å². The molecule has 0 aliphatic heterocycles. The van der Waals surface area contributed by atoms with Crippen LogP contribution in [0.4, 0.5) is 0 Å². The van der Waals surface area contributed by atoms with Crippen LogP contribution in [0.15, 0.2) is 42.5 Å². The summed E-state index contributed by atoms with van der Waals surface area (Å²) >= 11 is 6.07. The van der Waals surface area contributed by atoms with Gasteiger partial charge in [0, 0.05) is 11.4 Å². The number of hydrogen-bond donors (Lipinski definition) is 1. The lowest BCUT2D eigenvalue weighted by atomic mass is 10.1. The van der Waals surface area contributed by atoms with E-state index in [1.807, 2.05) is 32.2 Å². The fourth-order valence-electron chi connectivity index (χ4n) is 2.87. The minimum Gasteiger partial charge on any atom is -0.488 e. The SMILES string of the molecule is CNC1c2ccccc2CC1Oc1cc(Cl)ccc1C. The van der Waals surface area contributed by atoms with Crippen molar-refractivity contribution >= 4 is 11.6 Å². The van der Waals surface area contributed by atoms with E-state index in [1.165, 1.54) is 11.1 Å². The zero-order valence-electron chi connectivity index (χ0n) is 11.7. The zero-order chi connectivity index (χ0) is 14.1. The molecule has 2 aromatic rings. The molecule has 0 aromatic heterocycles. The molecule has 2 unspecified atom stereocenters. The van der Waals surface area contributed by atoms with Crippen LogP contribution < -0.4 is 10.1 Å². The van der Waals surface area contributed by atoms with Gasteiger partial charge in [-0.25, -0.2) is 0 Å². The molecule has 0 radical (unpaired) electrons. The molecular formula is C17H18ClNO. The summed E-state index contributed by atoms with van der Waals surface area (Å²) in [6.07, 6.45) is 1.03. The van der Waals surface area contributed by atoms with Crippen LogP contribution in [0.25, 0.3) is 0 Å². The minimum atomic E-state index is 0.106. The maximum atomic E-state index is 6.23. The number of hydrogen-bond acceptors (Lipinski definition) is 2. The third kappa shape index (κ3) is 2.41. The minimum absolute atomic E-state index is 0.106. The zero-order valence-corrected chi connectivity index (χ0v) is 12.4. The summed E-state index contributed by atoms with van der Waals surface area (Å²) in [6.45, 7) is 2.04. The molecule has 2 nitrogen and oxygen atoms in total. The quantitative estimate of drug-likeness (QED) is 0.924. The molecule has 2 atom stereocenters. The monoisotopic (exact) mass is 287 g/mol. The lowest BCUT2D eigenvalue weighted by Crippen LogP contribution is -2.30. The molecule has 0 fully saturated rings. The Bertz CT molecular complexity index is 626. The standard InChI is InChI=1S/C17H18ClNO/c1-11-7-8-13(18)10-15(11)20-16-9-12-5-3-4-6-14(12)17(16)19-2/h3-8,10,16-17,19H,9H2,1-2H3. The molecule has 1 aliphatic rings. The van der Waals surface area contributed by atoms with Gasteiger partial charge in [-0.3, -0.25) is 0 Å². The second-order valence-electron chi connectivity index (χ2n) is 5.24. The van der Waals surface area contributed by atoms with Crippen molar-refractivity contribution in [1.82, 2.24) is 5.32 Å². The van der Waals surface area contributed by atoms with Crippen molar-refractivity contribution in [2.75, 3.05) is 7.05 Å². The Labute approximate surface area is 124 Å². The molecule has 0 heterocycles. The van der Waals surface area contributed by atoms with Gasteiger partial charge in [0.2, 0.25) is 0 Å². The van der Waals surface area contributed by atoms with Gasteiger partial charge >= 0.3 is 0 Å². The number of likely N-dealkylation sites (N-methyl/N-ethyl adjacent to an activating group) is 1. The molecule has 3 rings (SSSR count). The van der Waals surface area contributed by atoms with E-state index in [-0.39, 0.29) is 12.1 Å². The van der Waals surface area contributed by atoms with Crippen molar-refractivity contribution in [2.24, 2.45) is 0 Å². The first-order valence-electron chi connectivity index (χ1n) is 6.87. The summed E-state index contributed by atoms with van der Waals surface area (Å²) in [5.41, 5.74) is 3.80. The first-order valence-corrected chi connectivity index (χ1v) is 7.24. The first-order chi connectivity index (χ1) is 9.69. The highest BCUT2D eigenvalue weighted by molar-refractivity contribution is 6.30. The van der Waals surface area contributed by atoms with E-state index in [0.29, 0.717) is 5.02 Å². The van der Waals surface area contributed by atoms with Crippen molar-refractivity contribution in [3.05, 3.63) is 64.2 Å². The summed E-state index contributed by atoms with van der Waals surface area (Å²) in [6, 6.07) is 14.5. The fraction of sp³-hybridized carbons (Fsp3) is 0.294. The number of rotatable bonds is 3. The number of fused-ring (bicyclic) bond motifs is 1. The largest absolute Gasteiger partial charge is 0.488 e. The van der Waals surface area contributed by atoms with Crippen LogP contribution in [0.3, 0.4) is 0 Å². The van der Waals surface area contributed by atoms with E-state index < -0.39 is 0 Å². The molecule has 20 heavy (non-hydrogen) atoms. The Hall–Kier alpha value is -1.51. The Balaban J connectivity index is 1.87. The van der Waals surface area contributed by atoms with Crippen molar-refractivity contribution in [3.63, 3.8) is 0 Å². The first kappa shape index (κ1) is 13.5. The molecule has 2 aromatic carbocycles. The van der Waals surface area contributed by atoms with Gasteiger partial charge in [-0.2, -0.15) is 0 Å². The third-order valence-corrected chi connectivity index (χ3v) is 4.16. The summed E-state index contributed by atoms with van der Waals surface area (Å²) in [7, 11) is 1.98. The summed E-state index contributed by atoms with van der Waals surface area (Å²) in [5, 5.41) is 4.08. The fourth-order valence-corrected chi connectivity index (χ4v) is 3.04. The highest BCUT2D eigenvalue weighted by Crippen LogP contribution is 2.35. The highest BCUT2D eigenvalue weighted by Gasteiger charge is 2.32. The number of halogens is 1. The van der Waals surface area contributed by atoms with Crippen molar-refractivity contribution in [3.8, 4) is 5.75 Å². The Morgan fingerprint density at radius 3 is 2.80 bits per heavy atom. The molecular weight excluding hydrogens is 270 g/mol. The van der Waals surface area contributed by atoms with Gasteiger partial charge < -0.3 is 10.1 Å². The number of ether oxygens (including phenoxy) is 1. The molecule has 0 amide bonds. The number of benzene rings is 2. The molecule has 3 heteroatoms. The molecule has 0 bridgehead atoms. The van der Waals surface area contributed by atoms with Gasteiger partial charge in [0.15, 0.2) is 0 Å². The highest BCUT2D eigenvalue weighted by atomic mass is 35.5. The van der Waals surface area contributed by atoms with Crippen LogP contribution in [-0.4, -0.2) is 13.2 Å². The normalized spacial score (nSPS) is 20.8. The second kappa shape index (κ2) is 5.47. The van der Waals surface area contributed by atoms with Gasteiger partial charge in [-0.05, 0) is 42.8 Å². The van der Waals surface area contributed by atoms with E-state index in [0.717, 1.165) is 17.7 Å².